The van der Waals surface area contributed by atoms with E-state index in [-0.39, 0.29) is 17.2 Å². The van der Waals surface area contributed by atoms with Crippen LogP contribution in [-0.4, -0.2) is 25.9 Å². The van der Waals surface area contributed by atoms with Gasteiger partial charge in [0.15, 0.2) is 5.82 Å². The third-order valence-electron chi connectivity index (χ3n) is 3.91. The van der Waals surface area contributed by atoms with Gasteiger partial charge in [-0.05, 0) is 48.5 Å². The van der Waals surface area contributed by atoms with Gasteiger partial charge in [0.2, 0.25) is 5.91 Å². The number of carbonyl (C=O) groups is 1. The zero-order valence-corrected chi connectivity index (χ0v) is 13.1. The van der Waals surface area contributed by atoms with Gasteiger partial charge in [0, 0.05) is 19.0 Å². The van der Waals surface area contributed by atoms with Gasteiger partial charge in [-0.3, -0.25) is 4.79 Å². The smallest absolute Gasteiger partial charge is 0.350 e. The number of aromatic nitrogens is 2. The molecule has 0 atom stereocenters. The number of rotatable bonds is 2. The molecule has 2 aromatic rings. The molecule has 1 amide bonds. The van der Waals surface area contributed by atoms with Crippen molar-refractivity contribution in [1.82, 2.24) is 9.55 Å². The predicted octanol–water partition coefficient (Wildman–Crippen LogP) is 1.77. The number of amides is 1. The van der Waals surface area contributed by atoms with Crippen LogP contribution in [0.2, 0.25) is 0 Å². The Kier molecular flexibility index (Phi) is 4.20. The van der Waals surface area contributed by atoms with Gasteiger partial charge >= 0.3 is 5.82 Å². The van der Waals surface area contributed by atoms with Gasteiger partial charge in [0.05, 0.1) is 0 Å². The van der Waals surface area contributed by atoms with Crippen LogP contribution in [0.25, 0.3) is 5.69 Å². The van der Waals surface area contributed by atoms with Gasteiger partial charge in [-0.2, -0.15) is 4.57 Å². The van der Waals surface area contributed by atoms with Crippen LogP contribution in [0.4, 0.5) is 11.5 Å². The minimum atomic E-state index is -0.411. The summed E-state index contributed by atoms with van der Waals surface area (Å²) in [6.45, 7) is 5.27. The summed E-state index contributed by atoms with van der Waals surface area (Å²) in [7, 11) is 0. The first kappa shape index (κ1) is 16.6. The Labute approximate surface area is 132 Å². The molecule has 1 aliphatic heterocycles. The van der Waals surface area contributed by atoms with Crippen LogP contribution in [0.1, 0.15) is 29.1 Å². The molecule has 3 rings (SSSR count). The molecular weight excluding hydrogens is 300 g/mol. The summed E-state index contributed by atoms with van der Waals surface area (Å²) in [6, 6.07) is 3.73. The fraction of sp³-hybridized carbons (Fsp3) is 0.333. The number of fused-ring (bicyclic) bond motifs is 1. The first-order valence-electron chi connectivity index (χ1n) is 7.02. The van der Waals surface area contributed by atoms with Crippen molar-refractivity contribution in [1.29, 1.82) is 0 Å². The fourth-order valence-corrected chi connectivity index (χ4v) is 2.98. The molecule has 0 saturated heterocycles. The maximum absolute atomic E-state index is 11.5. The second-order valence-corrected chi connectivity index (χ2v) is 5.51. The number of imidazole rings is 1. The lowest BCUT2D eigenvalue weighted by atomic mass is 9.98. The van der Waals surface area contributed by atoms with Crippen molar-refractivity contribution >= 4 is 17.4 Å². The molecule has 1 aromatic heterocycles. The highest BCUT2D eigenvalue weighted by molar-refractivity contribution is 5.95. The summed E-state index contributed by atoms with van der Waals surface area (Å²) in [5.74, 6) is 0.559. The molecule has 1 aliphatic rings. The normalized spacial score (nSPS) is 13.1. The van der Waals surface area contributed by atoms with Crippen LogP contribution < -0.4 is 5.32 Å². The van der Waals surface area contributed by atoms with Crippen LogP contribution in [-0.2, 0) is 11.2 Å². The number of hydrogen-bond acceptors (Lipinski definition) is 4. The van der Waals surface area contributed by atoms with Gasteiger partial charge < -0.3 is 20.9 Å². The number of aryl methyl sites for hydroxylation is 4. The number of anilines is 1. The average molecular weight is 318 g/mol. The molecule has 122 valence electrons. The number of nitro groups is 1. The van der Waals surface area contributed by atoms with Gasteiger partial charge in [-0.1, -0.05) is 0 Å². The van der Waals surface area contributed by atoms with Gasteiger partial charge in [-0.25, -0.2) is 4.98 Å². The second-order valence-electron chi connectivity index (χ2n) is 5.51. The molecule has 3 N–H and O–H groups in total. The SMILES string of the molecule is Cc1cc(-n2c(C)nc(C)c2[N+](=O)[O-])cc2c1NC(=O)CC2.O. The lowest BCUT2D eigenvalue weighted by molar-refractivity contribution is -0.391. The first-order chi connectivity index (χ1) is 10.4. The zero-order chi connectivity index (χ0) is 16.0. The Morgan fingerprint density at radius 3 is 2.61 bits per heavy atom. The number of benzene rings is 1. The molecule has 8 heteroatoms. The molecule has 0 bridgehead atoms. The minimum absolute atomic E-state index is 0. The van der Waals surface area contributed by atoms with E-state index in [0.717, 1.165) is 16.8 Å². The second kappa shape index (κ2) is 5.81. The molecular formula is C15H18N4O4. The molecule has 2 heterocycles. The third-order valence-corrected chi connectivity index (χ3v) is 3.91. The summed E-state index contributed by atoms with van der Waals surface area (Å²) in [6.07, 6.45) is 1.07. The molecule has 0 unspecified atom stereocenters. The van der Waals surface area contributed by atoms with Crippen molar-refractivity contribution in [2.75, 3.05) is 5.32 Å². The molecule has 1 aromatic carbocycles. The number of nitrogens with zero attached hydrogens (tertiary/aromatic N) is 3. The highest BCUT2D eigenvalue weighted by Crippen LogP contribution is 2.32. The lowest BCUT2D eigenvalue weighted by Crippen LogP contribution is -2.20. The van der Waals surface area contributed by atoms with E-state index < -0.39 is 4.92 Å². The standard InChI is InChI=1S/C15H16N4O3.H2O/c1-8-6-12(7-11-4-5-13(20)17-14(8)11)18-10(3)16-9(2)15(18)19(21)22;/h6-7H,4-5H2,1-3H3,(H,17,20);1H2. The van der Waals surface area contributed by atoms with Crippen LogP contribution in [0.3, 0.4) is 0 Å². The van der Waals surface area contributed by atoms with Gasteiger partial charge in [0.25, 0.3) is 0 Å². The zero-order valence-electron chi connectivity index (χ0n) is 13.1. The summed E-state index contributed by atoms with van der Waals surface area (Å²) >= 11 is 0. The Hall–Kier alpha value is -2.74. The Morgan fingerprint density at radius 2 is 1.96 bits per heavy atom. The highest BCUT2D eigenvalue weighted by atomic mass is 16.6. The number of nitrogens with one attached hydrogen (secondary N) is 1. The maximum Gasteiger partial charge on any atom is 0.350 e. The molecule has 0 aliphatic carbocycles. The summed E-state index contributed by atoms with van der Waals surface area (Å²) in [5, 5.41) is 14.2. The minimum Gasteiger partial charge on any atom is -0.412 e. The monoisotopic (exact) mass is 318 g/mol. The van der Waals surface area contributed by atoms with Crippen molar-refractivity contribution in [3.8, 4) is 5.69 Å². The van der Waals surface area contributed by atoms with E-state index in [1.807, 2.05) is 19.1 Å². The Balaban J connectivity index is 0.00000192. The van der Waals surface area contributed by atoms with Crippen LogP contribution in [0.15, 0.2) is 12.1 Å². The topological polar surface area (TPSA) is 122 Å². The Bertz CT molecular complexity index is 810. The quantitative estimate of drug-likeness (QED) is 0.669. The van der Waals surface area contributed by atoms with E-state index >= 15 is 0 Å². The highest BCUT2D eigenvalue weighted by Gasteiger charge is 2.26. The molecule has 0 saturated carbocycles. The number of carbonyl (C=O) groups excluding carboxylic acids is 1. The van der Waals surface area contributed by atoms with E-state index in [9.17, 15) is 14.9 Å². The van der Waals surface area contributed by atoms with E-state index in [2.05, 4.69) is 10.3 Å². The van der Waals surface area contributed by atoms with Crippen molar-refractivity contribution in [2.24, 2.45) is 0 Å². The van der Waals surface area contributed by atoms with Crippen LogP contribution in [0.5, 0.6) is 0 Å². The van der Waals surface area contributed by atoms with E-state index in [4.69, 9.17) is 0 Å². The van der Waals surface area contributed by atoms with Gasteiger partial charge in [0.1, 0.15) is 11.4 Å². The molecule has 8 nitrogen and oxygen atoms in total. The van der Waals surface area contributed by atoms with Crippen molar-refractivity contribution in [2.45, 2.75) is 33.6 Å². The average Bonchev–Trinajstić information content (AvgIpc) is 2.74. The molecule has 23 heavy (non-hydrogen) atoms. The van der Waals surface area contributed by atoms with Crippen molar-refractivity contribution in [3.05, 3.63) is 44.9 Å². The van der Waals surface area contributed by atoms with E-state index in [1.54, 1.807) is 18.4 Å². The van der Waals surface area contributed by atoms with Crippen molar-refractivity contribution in [3.63, 3.8) is 0 Å². The predicted molar refractivity (Wildman–Crippen MR) is 85.0 cm³/mol. The van der Waals surface area contributed by atoms with Gasteiger partial charge in [-0.15, -0.1) is 0 Å². The van der Waals surface area contributed by atoms with Crippen LogP contribution in [0, 0.1) is 30.9 Å². The molecule has 0 radical (unpaired) electrons. The maximum atomic E-state index is 11.5. The fourth-order valence-electron chi connectivity index (χ4n) is 2.98. The number of hydrogen-bond donors (Lipinski definition) is 1. The first-order valence-corrected chi connectivity index (χ1v) is 7.02. The lowest BCUT2D eigenvalue weighted by Gasteiger charge is -2.19. The Morgan fingerprint density at radius 1 is 1.26 bits per heavy atom. The molecule has 0 fully saturated rings. The third kappa shape index (κ3) is 2.68. The summed E-state index contributed by atoms with van der Waals surface area (Å²) in [5.41, 5.74) is 3.80. The largest absolute Gasteiger partial charge is 0.412 e. The summed E-state index contributed by atoms with van der Waals surface area (Å²) < 4.78 is 1.55. The van der Waals surface area contributed by atoms with E-state index in [0.29, 0.717) is 30.0 Å². The van der Waals surface area contributed by atoms with Crippen molar-refractivity contribution < 1.29 is 15.2 Å². The summed E-state index contributed by atoms with van der Waals surface area (Å²) in [4.78, 5) is 26.7. The molecule has 0 spiro atoms. The van der Waals surface area contributed by atoms with Crippen LogP contribution >= 0.6 is 0 Å². The van der Waals surface area contributed by atoms with E-state index in [1.165, 1.54) is 0 Å².